The third-order valence-corrected chi connectivity index (χ3v) is 5.02. The topological polar surface area (TPSA) is 84.3 Å². The number of rotatable bonds is 4. The van der Waals surface area contributed by atoms with Crippen LogP contribution < -0.4 is 5.32 Å². The summed E-state index contributed by atoms with van der Waals surface area (Å²) in [4.78, 5) is 19.0. The highest BCUT2D eigenvalue weighted by atomic mass is 35.5. The minimum absolute atomic E-state index is 0. The van der Waals surface area contributed by atoms with Crippen molar-refractivity contribution < 1.29 is 13.2 Å². The highest BCUT2D eigenvalue weighted by Gasteiger charge is 2.25. The molecule has 0 bridgehead atoms. The molecule has 0 radical (unpaired) electrons. The van der Waals surface area contributed by atoms with Crippen molar-refractivity contribution in [1.29, 1.82) is 0 Å². The molecule has 1 aromatic carbocycles. The lowest BCUT2D eigenvalue weighted by Gasteiger charge is -2.34. The molecule has 1 atom stereocenters. The maximum atomic E-state index is 12.7. The van der Waals surface area contributed by atoms with Gasteiger partial charge in [0, 0.05) is 31.9 Å². The van der Waals surface area contributed by atoms with Gasteiger partial charge in [-0.15, -0.1) is 24.8 Å². The molecule has 0 aliphatic carbocycles. The van der Waals surface area contributed by atoms with Crippen molar-refractivity contribution in [2.45, 2.75) is 25.3 Å². The molecule has 1 aliphatic heterocycles. The number of imidazole rings is 1. The second-order valence-electron chi connectivity index (χ2n) is 6.31. The normalized spacial score (nSPS) is 17.5. The Morgan fingerprint density at radius 3 is 2.65 bits per heavy atom. The van der Waals surface area contributed by atoms with E-state index in [1.165, 1.54) is 6.26 Å². The van der Waals surface area contributed by atoms with Gasteiger partial charge in [-0.1, -0.05) is 12.1 Å². The van der Waals surface area contributed by atoms with Crippen LogP contribution in [0.5, 0.6) is 0 Å². The highest BCUT2D eigenvalue weighted by Crippen LogP contribution is 2.18. The average molecular weight is 423 g/mol. The first-order chi connectivity index (χ1) is 11.3. The van der Waals surface area contributed by atoms with E-state index in [0.717, 1.165) is 18.6 Å². The first kappa shape index (κ1) is 22.7. The Labute approximate surface area is 165 Å². The van der Waals surface area contributed by atoms with Crippen LogP contribution in [0.2, 0.25) is 0 Å². The number of amides is 1. The summed E-state index contributed by atoms with van der Waals surface area (Å²) in [5, 5.41) is 3.26. The van der Waals surface area contributed by atoms with E-state index in [0.29, 0.717) is 17.9 Å². The van der Waals surface area contributed by atoms with Crippen LogP contribution in [0.1, 0.15) is 12.7 Å². The van der Waals surface area contributed by atoms with Gasteiger partial charge in [0.25, 0.3) is 0 Å². The lowest BCUT2D eigenvalue weighted by Crippen LogP contribution is -2.53. The third kappa shape index (κ3) is 5.09. The van der Waals surface area contributed by atoms with Crippen molar-refractivity contribution in [3.8, 4) is 0 Å². The predicted molar refractivity (Wildman–Crippen MR) is 107 cm³/mol. The van der Waals surface area contributed by atoms with E-state index in [2.05, 4.69) is 10.3 Å². The van der Waals surface area contributed by atoms with Gasteiger partial charge < -0.3 is 14.8 Å². The molecule has 146 valence electrons. The molecule has 0 unspecified atom stereocenters. The number of hydrogen-bond donors (Lipinski definition) is 1. The van der Waals surface area contributed by atoms with Gasteiger partial charge >= 0.3 is 0 Å². The minimum atomic E-state index is -3.24. The van der Waals surface area contributed by atoms with Gasteiger partial charge in [-0.25, -0.2) is 13.4 Å². The van der Waals surface area contributed by atoms with Gasteiger partial charge in [-0.2, -0.15) is 0 Å². The number of sulfone groups is 1. The molecule has 3 rings (SSSR count). The number of fused-ring (bicyclic) bond motifs is 1. The van der Waals surface area contributed by atoms with Crippen LogP contribution in [-0.2, 0) is 26.9 Å². The highest BCUT2D eigenvalue weighted by molar-refractivity contribution is 7.89. The number of nitrogens with zero attached hydrogens (tertiary/aromatic N) is 3. The summed E-state index contributed by atoms with van der Waals surface area (Å²) in [5.41, 5.74) is 1.49. The molecule has 1 amide bonds. The number of carbonyl (C=O) groups is 1. The predicted octanol–water partition coefficient (Wildman–Crippen LogP) is 1.24. The molecule has 1 N–H and O–H groups in total. The van der Waals surface area contributed by atoms with Gasteiger partial charge in [0.1, 0.15) is 18.1 Å². The van der Waals surface area contributed by atoms with E-state index in [1.807, 2.05) is 36.1 Å². The van der Waals surface area contributed by atoms with E-state index in [4.69, 9.17) is 0 Å². The molecule has 1 fully saturated rings. The third-order valence-electron chi connectivity index (χ3n) is 4.24. The van der Waals surface area contributed by atoms with Crippen LogP contribution >= 0.6 is 24.8 Å². The zero-order chi connectivity index (χ0) is 17.3. The summed E-state index contributed by atoms with van der Waals surface area (Å²) in [7, 11) is -3.24. The summed E-state index contributed by atoms with van der Waals surface area (Å²) in [5.74, 6) is 0.225. The number of hydrogen-bond acceptors (Lipinski definition) is 5. The molecule has 2 aromatic rings. The van der Waals surface area contributed by atoms with Crippen LogP contribution in [0.25, 0.3) is 11.0 Å². The van der Waals surface area contributed by atoms with E-state index in [-0.39, 0.29) is 49.1 Å². The summed E-state index contributed by atoms with van der Waals surface area (Å²) in [6.07, 6.45) is 1.18. The molecular weight excluding hydrogens is 399 g/mol. The Morgan fingerprint density at radius 1 is 1.31 bits per heavy atom. The number of benzene rings is 1. The number of nitrogens with one attached hydrogen (secondary N) is 1. The minimum Gasteiger partial charge on any atom is -0.336 e. The quantitative estimate of drug-likeness (QED) is 0.800. The van der Waals surface area contributed by atoms with Crippen molar-refractivity contribution in [2.24, 2.45) is 0 Å². The fourth-order valence-corrected chi connectivity index (χ4v) is 3.77. The monoisotopic (exact) mass is 422 g/mol. The molecule has 0 saturated carbocycles. The molecule has 1 aromatic heterocycles. The first-order valence-corrected chi connectivity index (χ1v) is 10.0. The smallest absolute Gasteiger partial charge is 0.242 e. The number of piperazine rings is 1. The molecule has 1 aliphatic rings. The Kier molecular flexibility index (Phi) is 7.88. The lowest BCUT2D eigenvalue weighted by atomic mass is 10.2. The Balaban J connectivity index is 0.00000169. The summed E-state index contributed by atoms with van der Waals surface area (Å²) in [6, 6.07) is 7.53. The van der Waals surface area contributed by atoms with Gasteiger partial charge in [-0.3, -0.25) is 4.79 Å². The van der Waals surface area contributed by atoms with Crippen LogP contribution in [-0.4, -0.2) is 60.7 Å². The van der Waals surface area contributed by atoms with E-state index >= 15 is 0 Å². The van der Waals surface area contributed by atoms with Crippen LogP contribution in [0, 0.1) is 0 Å². The maximum absolute atomic E-state index is 12.7. The van der Waals surface area contributed by atoms with Crippen molar-refractivity contribution >= 4 is 51.6 Å². The second kappa shape index (κ2) is 9.03. The molecule has 2 heterocycles. The van der Waals surface area contributed by atoms with Gasteiger partial charge in [-0.05, 0) is 19.1 Å². The standard InChI is InChI=1S/C16H22N4O3S.2ClH/c1-12-9-17-7-8-19(12)16(21)10-20-14-6-4-3-5-13(14)18-15(20)11-24(2,22)23;;/h3-6,12,17H,7-11H2,1-2H3;2*1H/t12-;;/m1../s1. The first-order valence-electron chi connectivity index (χ1n) is 7.97. The van der Waals surface area contributed by atoms with E-state index in [1.54, 1.807) is 4.57 Å². The van der Waals surface area contributed by atoms with Gasteiger partial charge in [0.2, 0.25) is 5.91 Å². The van der Waals surface area contributed by atoms with Gasteiger partial charge in [0.15, 0.2) is 9.84 Å². The van der Waals surface area contributed by atoms with Crippen molar-refractivity contribution in [2.75, 3.05) is 25.9 Å². The fraction of sp³-hybridized carbons (Fsp3) is 0.500. The Bertz CT molecular complexity index is 870. The summed E-state index contributed by atoms with van der Waals surface area (Å²) in [6.45, 7) is 4.32. The molecular formula is C16H24Cl2N4O3S. The molecule has 26 heavy (non-hydrogen) atoms. The van der Waals surface area contributed by atoms with E-state index < -0.39 is 9.84 Å². The summed E-state index contributed by atoms with van der Waals surface area (Å²) < 4.78 is 25.2. The SMILES string of the molecule is C[C@@H]1CNCCN1C(=O)Cn1c(CS(C)(=O)=O)nc2ccccc21.Cl.Cl. The van der Waals surface area contributed by atoms with Crippen molar-refractivity contribution in [1.82, 2.24) is 19.8 Å². The fourth-order valence-electron chi connectivity index (χ4n) is 3.08. The second-order valence-corrected chi connectivity index (χ2v) is 8.45. The number of aromatic nitrogens is 2. The molecule has 1 saturated heterocycles. The summed E-state index contributed by atoms with van der Waals surface area (Å²) >= 11 is 0. The molecule has 10 heteroatoms. The number of halogens is 2. The van der Waals surface area contributed by atoms with Crippen molar-refractivity contribution in [3.63, 3.8) is 0 Å². The Hall–Kier alpha value is -1.35. The average Bonchev–Trinajstić information content (AvgIpc) is 2.83. The molecule has 7 nitrogen and oxygen atoms in total. The zero-order valence-corrected chi connectivity index (χ0v) is 17.2. The largest absolute Gasteiger partial charge is 0.336 e. The van der Waals surface area contributed by atoms with Crippen LogP contribution in [0.4, 0.5) is 0 Å². The Morgan fingerprint density at radius 2 is 2.00 bits per heavy atom. The van der Waals surface area contributed by atoms with Crippen molar-refractivity contribution in [3.05, 3.63) is 30.1 Å². The van der Waals surface area contributed by atoms with E-state index in [9.17, 15) is 13.2 Å². The lowest BCUT2D eigenvalue weighted by molar-refractivity contribution is -0.134. The van der Waals surface area contributed by atoms with Crippen LogP contribution in [0.3, 0.4) is 0 Å². The number of para-hydroxylation sites is 2. The zero-order valence-electron chi connectivity index (χ0n) is 14.7. The van der Waals surface area contributed by atoms with Gasteiger partial charge in [0.05, 0.1) is 11.0 Å². The number of carbonyl (C=O) groups excluding carboxylic acids is 1. The molecule has 0 spiro atoms. The maximum Gasteiger partial charge on any atom is 0.242 e. The van der Waals surface area contributed by atoms with Crippen LogP contribution in [0.15, 0.2) is 24.3 Å².